The molecule has 0 spiro atoms. The highest BCUT2D eigenvalue weighted by Gasteiger charge is 2.07. The summed E-state index contributed by atoms with van der Waals surface area (Å²) in [6.45, 7) is 2.50. The van der Waals surface area contributed by atoms with E-state index in [1.54, 1.807) is 24.9 Å². The van der Waals surface area contributed by atoms with Crippen LogP contribution in [-0.2, 0) is 8.92 Å². The van der Waals surface area contributed by atoms with Gasteiger partial charge in [0, 0.05) is 8.80 Å². The van der Waals surface area contributed by atoms with Crippen LogP contribution < -0.4 is 0 Å². The molecule has 0 N–H and O–H groups in total. The van der Waals surface area contributed by atoms with Gasteiger partial charge in [0.25, 0.3) is 0 Å². The molecule has 0 radical (unpaired) electrons. The summed E-state index contributed by atoms with van der Waals surface area (Å²) < 4.78 is 16.8. The summed E-state index contributed by atoms with van der Waals surface area (Å²) in [6, 6.07) is 3.25. The summed E-state index contributed by atoms with van der Waals surface area (Å²) in [4.78, 5) is 0. The quantitative estimate of drug-likeness (QED) is 0.520. The van der Waals surface area contributed by atoms with Crippen molar-refractivity contribution in [2.24, 2.45) is 0 Å². The Morgan fingerprint density at radius 1 is 1.10 bits per heavy atom. The highest BCUT2D eigenvalue weighted by atomic mass is 28.3. The fourth-order valence-corrected chi connectivity index (χ4v) is 3.57. The van der Waals surface area contributed by atoms with Gasteiger partial charge in [0.05, 0.1) is 0 Å². The Morgan fingerprint density at radius 3 is 1.70 bits per heavy atom. The van der Waals surface area contributed by atoms with E-state index < -0.39 is 9.29 Å². The van der Waals surface area contributed by atoms with Crippen molar-refractivity contribution in [1.82, 2.24) is 0 Å². The van der Waals surface area contributed by atoms with Gasteiger partial charge in [-0.3, -0.25) is 8.92 Å². The molecule has 1 heterocycles. The summed E-state index contributed by atoms with van der Waals surface area (Å²) in [5.41, 5.74) is 0. The molecule has 0 aromatic carbocycles. The van der Waals surface area contributed by atoms with E-state index in [4.69, 9.17) is 8.92 Å². The first-order valence-electron chi connectivity index (χ1n) is 3.80. The minimum atomic E-state index is -1.42. The van der Waals surface area contributed by atoms with E-state index in [9.17, 15) is 0 Å². The van der Waals surface area contributed by atoms with Crippen LogP contribution in [0.15, 0.2) is 0 Å². The van der Waals surface area contributed by atoms with E-state index in [0.717, 1.165) is 0 Å². The van der Waals surface area contributed by atoms with Crippen molar-refractivity contribution in [1.29, 1.82) is 0 Å². The van der Waals surface area contributed by atoms with E-state index in [-0.39, 0.29) is 8.80 Å². The minimum Gasteiger partial charge on any atom is -0.274 e. The molecular weight excluding hydrogens is 160 g/mol. The van der Waals surface area contributed by atoms with Crippen LogP contribution in [0.1, 0.15) is 19.3 Å². The molecule has 0 bridgehead atoms. The molecule has 0 aromatic rings. The summed E-state index contributed by atoms with van der Waals surface area (Å²) in [7, 11) is -1.51. The molecule has 2 nitrogen and oxygen atoms in total. The van der Waals surface area contributed by atoms with Crippen molar-refractivity contribution in [3.05, 3.63) is 0 Å². The smallest absolute Gasteiger partial charge is 0.274 e. The van der Waals surface area contributed by atoms with Gasteiger partial charge in [-0.25, -0.2) is 0 Å². The van der Waals surface area contributed by atoms with Crippen molar-refractivity contribution in [3.63, 3.8) is 0 Å². The lowest BCUT2D eigenvalue weighted by molar-refractivity contribution is 0.497. The van der Waals surface area contributed by atoms with Crippen LogP contribution in [-0.4, -0.2) is 18.1 Å². The van der Waals surface area contributed by atoms with Crippen LogP contribution in [0, 0.1) is 0 Å². The molecule has 1 fully saturated rings. The van der Waals surface area contributed by atoms with Crippen molar-refractivity contribution in [2.75, 3.05) is 0 Å². The van der Waals surface area contributed by atoms with Gasteiger partial charge in [0.15, 0.2) is 0 Å². The van der Waals surface area contributed by atoms with Crippen LogP contribution in [0.3, 0.4) is 0 Å². The second-order valence-corrected chi connectivity index (χ2v) is 6.36. The third kappa shape index (κ3) is 6.16. The third-order valence-corrected chi connectivity index (χ3v) is 4.68. The average molecular weight is 174 g/mol. The molecule has 1 rings (SSSR count). The Balaban J connectivity index is 0.000000236. The largest absolute Gasteiger partial charge is 0.549 e. The van der Waals surface area contributed by atoms with Crippen LogP contribution in [0.2, 0.25) is 18.6 Å². The molecule has 0 aliphatic carbocycles. The van der Waals surface area contributed by atoms with Crippen LogP contribution in [0.25, 0.3) is 0 Å². The highest BCUT2D eigenvalue weighted by molar-refractivity contribution is 6.57. The molecule has 0 amide bonds. The predicted molar refractivity (Wildman–Crippen MR) is 43.6 cm³/mol. The van der Waals surface area contributed by atoms with Gasteiger partial charge in [-0.1, -0.05) is 37.9 Å². The van der Waals surface area contributed by atoms with Gasteiger partial charge in [0.1, 0.15) is 0 Å². The summed E-state index contributed by atoms with van der Waals surface area (Å²) in [5.74, 6) is 0. The standard InChI is InChI=1S/C6H14Si.O2Si/c1-7-5-3-2-4-6-7;1-3-2/h7H,2-6H2,1H3;. The Hall–Kier alpha value is 0.0338. The normalized spacial score (nSPS) is 18.5. The van der Waals surface area contributed by atoms with Crippen molar-refractivity contribution in [2.45, 2.75) is 37.9 Å². The fourth-order valence-electron chi connectivity index (χ4n) is 1.31. The maximum atomic E-state index is 8.40. The van der Waals surface area contributed by atoms with E-state index in [0.29, 0.717) is 0 Å². The Bertz CT molecular complexity index is 104. The lowest BCUT2D eigenvalue weighted by Gasteiger charge is -2.14. The molecule has 0 saturated carbocycles. The Kier molecular flexibility index (Phi) is 7.17. The fraction of sp³-hybridized carbons (Fsp3) is 1.00. The molecule has 1 aliphatic heterocycles. The van der Waals surface area contributed by atoms with E-state index in [1.807, 2.05) is 0 Å². The van der Waals surface area contributed by atoms with Crippen molar-refractivity contribution in [3.8, 4) is 0 Å². The molecule has 1 aliphatic rings. The second kappa shape index (κ2) is 7.14. The first-order chi connectivity index (χ1) is 4.81. The van der Waals surface area contributed by atoms with Gasteiger partial charge in [-0.15, -0.1) is 0 Å². The van der Waals surface area contributed by atoms with Gasteiger partial charge in [-0.2, -0.15) is 0 Å². The van der Waals surface area contributed by atoms with Gasteiger partial charge < -0.3 is 0 Å². The lowest BCUT2D eigenvalue weighted by Crippen LogP contribution is -2.09. The monoisotopic (exact) mass is 174 g/mol. The average Bonchev–Trinajstić information content (AvgIpc) is 1.91. The highest BCUT2D eigenvalue weighted by Crippen LogP contribution is 2.17. The number of hydrogen-bond acceptors (Lipinski definition) is 2. The SMILES string of the molecule is C[SiH]1CCCCC1.O=[Si]=O. The zero-order valence-corrected chi connectivity index (χ0v) is 8.58. The predicted octanol–water partition coefficient (Wildman–Crippen LogP) is 1.41. The first kappa shape index (κ1) is 10.0. The lowest BCUT2D eigenvalue weighted by atomic mass is 10.3. The maximum Gasteiger partial charge on any atom is 0.549 e. The van der Waals surface area contributed by atoms with Gasteiger partial charge >= 0.3 is 9.29 Å². The van der Waals surface area contributed by atoms with Crippen LogP contribution in [0.5, 0.6) is 0 Å². The molecule has 1 saturated heterocycles. The number of rotatable bonds is 0. The number of hydrogen-bond donors (Lipinski definition) is 0. The van der Waals surface area contributed by atoms with Crippen molar-refractivity contribution >= 4 is 18.1 Å². The minimum absolute atomic E-state index is 0.0945. The summed E-state index contributed by atoms with van der Waals surface area (Å²) >= 11 is 0. The Labute approximate surface area is 65.6 Å². The van der Waals surface area contributed by atoms with E-state index >= 15 is 0 Å². The van der Waals surface area contributed by atoms with Gasteiger partial charge in [-0.05, 0) is 0 Å². The van der Waals surface area contributed by atoms with E-state index in [1.165, 1.54) is 6.42 Å². The van der Waals surface area contributed by atoms with E-state index in [2.05, 4.69) is 6.55 Å². The van der Waals surface area contributed by atoms with Gasteiger partial charge in [0.2, 0.25) is 0 Å². The maximum absolute atomic E-state index is 8.40. The van der Waals surface area contributed by atoms with Crippen LogP contribution >= 0.6 is 0 Å². The Morgan fingerprint density at radius 2 is 1.50 bits per heavy atom. The summed E-state index contributed by atoms with van der Waals surface area (Å²) in [5, 5.41) is 0. The molecule has 10 heavy (non-hydrogen) atoms. The van der Waals surface area contributed by atoms with Crippen LogP contribution in [0.4, 0.5) is 0 Å². The molecule has 4 heteroatoms. The third-order valence-electron chi connectivity index (χ3n) is 1.89. The first-order valence-corrected chi connectivity index (χ1v) is 7.41. The van der Waals surface area contributed by atoms with Crippen molar-refractivity contribution < 1.29 is 8.92 Å². The molecular formula is C6H14O2Si2. The zero-order chi connectivity index (χ0) is 7.82. The molecule has 58 valence electrons. The molecule has 0 atom stereocenters. The molecule has 0 unspecified atom stereocenters. The summed E-state index contributed by atoms with van der Waals surface area (Å²) in [6.07, 6.45) is 4.62. The molecule has 0 aromatic heterocycles. The second-order valence-electron chi connectivity index (χ2n) is 2.83. The zero-order valence-electron chi connectivity index (χ0n) is 6.43. The topological polar surface area (TPSA) is 34.1 Å².